The van der Waals surface area contributed by atoms with E-state index in [-0.39, 0.29) is 0 Å². The van der Waals surface area contributed by atoms with Crippen LogP contribution in [0.15, 0.2) is 36.5 Å². The number of hydrogen-bond donors (Lipinski definition) is 2. The highest BCUT2D eigenvalue weighted by molar-refractivity contribution is 7.92. The summed E-state index contributed by atoms with van der Waals surface area (Å²) >= 11 is 1.60. The molecular weight excluding hydrogens is 448 g/mol. The van der Waals surface area contributed by atoms with Gasteiger partial charge in [0.1, 0.15) is 29.2 Å². The van der Waals surface area contributed by atoms with E-state index in [1.165, 1.54) is 0 Å². The summed E-state index contributed by atoms with van der Waals surface area (Å²) in [6.45, 7) is 4.34. The highest BCUT2D eigenvalue weighted by Gasteiger charge is 2.16. The standard InChI is InChI=1S/C21H22N6O3S2/c1-12-7-14(27-32(4,28)29)8-13(2)20(12)17-10-23-26-21(25-17)22-11-19-24-16-9-15(30-3)5-6-18(16)31-19/h5-10,27H,11H2,1-4H3,(H,22,25,26)/p+1. The molecule has 11 heteroatoms. The van der Waals surface area contributed by atoms with E-state index in [9.17, 15) is 8.42 Å². The topological polar surface area (TPSA) is 120 Å². The van der Waals surface area contributed by atoms with Gasteiger partial charge in [-0.15, -0.1) is 11.3 Å². The quantitative estimate of drug-likeness (QED) is 0.425. The first kappa shape index (κ1) is 21.9. The first-order chi connectivity index (χ1) is 15.2. The smallest absolute Gasteiger partial charge is 0.413 e. The summed E-state index contributed by atoms with van der Waals surface area (Å²) in [4.78, 5) is 7.91. The number of anilines is 2. The lowest BCUT2D eigenvalue weighted by molar-refractivity contribution is -0.353. The number of hydrogen-bond acceptors (Lipinski definition) is 8. The Morgan fingerprint density at radius 1 is 1.16 bits per heavy atom. The van der Waals surface area contributed by atoms with Crippen molar-refractivity contribution in [2.75, 3.05) is 23.4 Å². The number of nitrogens with zero attached hydrogens (tertiary/aromatic N) is 3. The van der Waals surface area contributed by atoms with Gasteiger partial charge in [0.15, 0.2) is 0 Å². The van der Waals surface area contributed by atoms with Gasteiger partial charge in [0.2, 0.25) is 10.0 Å². The van der Waals surface area contributed by atoms with Crippen LogP contribution in [-0.2, 0) is 16.6 Å². The van der Waals surface area contributed by atoms with Crippen molar-refractivity contribution in [2.45, 2.75) is 20.4 Å². The fraction of sp³-hybridized carbons (Fsp3) is 0.238. The van der Waals surface area contributed by atoms with Crippen LogP contribution in [0.5, 0.6) is 5.75 Å². The van der Waals surface area contributed by atoms with Gasteiger partial charge in [0.05, 0.1) is 23.6 Å². The van der Waals surface area contributed by atoms with Crippen molar-refractivity contribution < 1.29 is 18.1 Å². The van der Waals surface area contributed by atoms with Crippen LogP contribution in [0.2, 0.25) is 0 Å². The number of aromatic amines is 1. The number of thiazole rings is 1. The molecule has 4 rings (SSSR count). The van der Waals surface area contributed by atoms with E-state index in [0.717, 1.165) is 49.6 Å². The Kier molecular flexibility index (Phi) is 5.94. The van der Waals surface area contributed by atoms with E-state index in [2.05, 4.69) is 30.2 Å². The third kappa shape index (κ3) is 4.94. The average molecular weight is 472 g/mol. The molecule has 0 aliphatic heterocycles. The summed E-state index contributed by atoms with van der Waals surface area (Å²) in [6, 6.07) is 9.41. The molecule has 2 aromatic heterocycles. The van der Waals surface area contributed by atoms with Gasteiger partial charge in [0, 0.05) is 22.4 Å². The van der Waals surface area contributed by atoms with Crippen molar-refractivity contribution in [3.8, 4) is 17.0 Å². The Balaban J connectivity index is 1.55. The third-order valence-corrected chi connectivity index (χ3v) is 6.39. The van der Waals surface area contributed by atoms with E-state index >= 15 is 0 Å². The zero-order valence-electron chi connectivity index (χ0n) is 18.1. The molecule has 0 spiro atoms. The second-order valence-electron chi connectivity index (χ2n) is 7.39. The number of fused-ring (bicyclic) bond motifs is 1. The number of aromatic nitrogens is 4. The molecule has 0 saturated heterocycles. The normalized spacial score (nSPS) is 11.5. The van der Waals surface area contributed by atoms with Crippen molar-refractivity contribution in [1.82, 2.24) is 15.2 Å². The maximum Gasteiger partial charge on any atom is 0.413 e. The molecule has 0 radical (unpaired) electrons. The summed E-state index contributed by atoms with van der Waals surface area (Å²) in [5, 5.41) is 12.4. The molecule has 4 aromatic rings. The van der Waals surface area contributed by atoms with Crippen LogP contribution in [0.1, 0.15) is 16.1 Å². The second-order valence-corrected chi connectivity index (χ2v) is 10.2. The van der Waals surface area contributed by atoms with Crippen LogP contribution in [0.4, 0.5) is 11.6 Å². The van der Waals surface area contributed by atoms with E-state index in [1.54, 1.807) is 36.8 Å². The zero-order chi connectivity index (χ0) is 22.9. The molecule has 0 aliphatic rings. The molecule has 0 saturated carbocycles. The Morgan fingerprint density at radius 2 is 1.91 bits per heavy atom. The maximum absolute atomic E-state index is 11.5. The molecule has 2 aromatic carbocycles. The lowest BCUT2D eigenvalue weighted by Crippen LogP contribution is -2.19. The van der Waals surface area contributed by atoms with Crippen LogP contribution in [-0.4, -0.2) is 37.0 Å². The van der Waals surface area contributed by atoms with Gasteiger partial charge in [0.25, 0.3) is 0 Å². The Bertz CT molecular complexity index is 1380. The Morgan fingerprint density at radius 3 is 2.59 bits per heavy atom. The molecule has 3 N–H and O–H groups in total. The monoisotopic (exact) mass is 471 g/mol. The first-order valence-corrected chi connectivity index (χ1v) is 12.4. The Hall–Kier alpha value is -3.31. The van der Waals surface area contributed by atoms with Crippen LogP contribution in [0.25, 0.3) is 21.5 Å². The molecule has 9 nitrogen and oxygen atoms in total. The molecule has 32 heavy (non-hydrogen) atoms. The number of rotatable bonds is 7. The summed E-state index contributed by atoms with van der Waals surface area (Å²) < 4.78 is 32.0. The van der Waals surface area contributed by atoms with E-state index in [4.69, 9.17) is 4.74 Å². The summed E-state index contributed by atoms with van der Waals surface area (Å²) in [7, 11) is -1.71. The Labute approximate surface area is 190 Å². The van der Waals surface area contributed by atoms with Crippen molar-refractivity contribution in [3.05, 3.63) is 52.7 Å². The summed E-state index contributed by atoms with van der Waals surface area (Å²) in [5.41, 5.74) is 4.95. The summed E-state index contributed by atoms with van der Waals surface area (Å²) in [6.07, 6.45) is 2.78. The number of benzene rings is 2. The second kappa shape index (κ2) is 8.67. The highest BCUT2D eigenvalue weighted by atomic mass is 32.2. The van der Waals surface area contributed by atoms with Crippen molar-refractivity contribution in [2.24, 2.45) is 0 Å². The number of H-pyrrole nitrogens is 1. The number of methoxy groups -OCH3 is 1. The molecule has 0 unspecified atom stereocenters. The van der Waals surface area contributed by atoms with Gasteiger partial charge in [-0.05, 0) is 49.2 Å². The first-order valence-electron chi connectivity index (χ1n) is 9.73. The largest absolute Gasteiger partial charge is 0.497 e. The minimum absolute atomic E-state index is 0.492. The fourth-order valence-electron chi connectivity index (χ4n) is 3.51. The van der Waals surface area contributed by atoms with E-state index < -0.39 is 10.0 Å². The molecule has 0 amide bonds. The zero-order valence-corrected chi connectivity index (χ0v) is 19.7. The molecule has 0 fully saturated rings. The van der Waals surface area contributed by atoms with Crippen molar-refractivity contribution in [3.63, 3.8) is 0 Å². The molecule has 0 atom stereocenters. The van der Waals surface area contributed by atoms with E-state index in [1.807, 2.05) is 32.0 Å². The van der Waals surface area contributed by atoms with Crippen LogP contribution >= 0.6 is 11.3 Å². The van der Waals surface area contributed by atoms with Gasteiger partial charge in [-0.3, -0.25) is 10.0 Å². The maximum atomic E-state index is 11.5. The molecule has 2 heterocycles. The minimum Gasteiger partial charge on any atom is -0.497 e. The number of nitrogens with one attached hydrogen (secondary N) is 3. The van der Waals surface area contributed by atoms with E-state index in [0.29, 0.717) is 18.2 Å². The number of sulfonamides is 1. The molecular formula is C21H23N6O3S2+. The van der Waals surface area contributed by atoms with Crippen molar-refractivity contribution >= 4 is 43.2 Å². The predicted octanol–water partition coefficient (Wildman–Crippen LogP) is 3.18. The van der Waals surface area contributed by atoms with Gasteiger partial charge < -0.3 is 4.74 Å². The minimum atomic E-state index is -3.34. The van der Waals surface area contributed by atoms with Gasteiger partial charge in [-0.25, -0.2) is 18.4 Å². The lowest BCUT2D eigenvalue weighted by atomic mass is 9.99. The lowest BCUT2D eigenvalue weighted by Gasteiger charge is -2.12. The van der Waals surface area contributed by atoms with Gasteiger partial charge in [-0.1, -0.05) is 5.10 Å². The van der Waals surface area contributed by atoms with Crippen molar-refractivity contribution in [1.29, 1.82) is 0 Å². The third-order valence-electron chi connectivity index (χ3n) is 4.75. The van der Waals surface area contributed by atoms with Gasteiger partial charge in [-0.2, -0.15) is 0 Å². The molecule has 166 valence electrons. The molecule has 0 aliphatic carbocycles. The highest BCUT2D eigenvalue weighted by Crippen LogP contribution is 2.28. The predicted molar refractivity (Wildman–Crippen MR) is 125 cm³/mol. The fourth-order valence-corrected chi connectivity index (χ4v) is 4.95. The van der Waals surface area contributed by atoms with Crippen LogP contribution in [0.3, 0.4) is 0 Å². The number of ether oxygens (including phenoxy) is 1. The average Bonchev–Trinajstić information content (AvgIpc) is 3.13. The summed E-state index contributed by atoms with van der Waals surface area (Å²) in [5.74, 6) is 1.29. The SMILES string of the molecule is COc1ccc2sc(CNc3nncc(-c4c(C)cc(NS(C)(=O)=O)cc4C)[nH+]3)nc2c1. The molecule has 0 bridgehead atoms. The number of aryl methyl sites for hydroxylation is 2. The van der Waals surface area contributed by atoms with Crippen LogP contribution < -0.4 is 19.8 Å². The van der Waals surface area contributed by atoms with Gasteiger partial charge >= 0.3 is 5.95 Å². The van der Waals surface area contributed by atoms with Crippen LogP contribution in [0, 0.1) is 13.8 Å².